The van der Waals surface area contributed by atoms with Crippen molar-refractivity contribution in [1.29, 1.82) is 0 Å². The molecular weight excluding hydrogens is 324 g/mol. The predicted molar refractivity (Wildman–Crippen MR) is 105 cm³/mol. The second-order valence-electron chi connectivity index (χ2n) is 8.10. The molecule has 26 heavy (non-hydrogen) atoms. The summed E-state index contributed by atoms with van der Waals surface area (Å²) in [5.74, 6) is 1.95. The third-order valence-corrected chi connectivity index (χ3v) is 6.21. The average Bonchev–Trinajstić information content (AvgIpc) is 3.36. The van der Waals surface area contributed by atoms with E-state index in [-0.39, 0.29) is 5.91 Å². The number of carbonyl (C=O) groups excluding carboxylic acids is 1. The fraction of sp³-hybridized carbons (Fsp3) is 0.591. The first-order valence-electron chi connectivity index (χ1n) is 9.94. The van der Waals surface area contributed by atoms with E-state index in [0.717, 1.165) is 44.8 Å². The molecule has 1 amide bonds. The van der Waals surface area contributed by atoms with E-state index in [1.165, 1.54) is 35.1 Å². The highest BCUT2D eigenvalue weighted by Gasteiger charge is 2.33. The van der Waals surface area contributed by atoms with Crippen LogP contribution in [0.5, 0.6) is 5.75 Å². The van der Waals surface area contributed by atoms with Gasteiger partial charge in [-0.25, -0.2) is 0 Å². The Labute approximate surface area is 156 Å². The van der Waals surface area contributed by atoms with E-state index in [2.05, 4.69) is 30.0 Å². The van der Waals surface area contributed by atoms with Crippen molar-refractivity contribution in [3.63, 3.8) is 0 Å². The minimum Gasteiger partial charge on any atom is -0.496 e. The lowest BCUT2D eigenvalue weighted by atomic mass is 9.93. The molecule has 0 N–H and O–H groups in total. The summed E-state index contributed by atoms with van der Waals surface area (Å²) >= 11 is 0. The molecule has 4 rings (SSSR count). The zero-order valence-corrected chi connectivity index (χ0v) is 16.3. The van der Waals surface area contributed by atoms with Crippen molar-refractivity contribution in [1.82, 2.24) is 9.80 Å². The summed E-state index contributed by atoms with van der Waals surface area (Å²) in [5, 5.41) is 0. The van der Waals surface area contributed by atoms with Gasteiger partial charge in [-0.3, -0.25) is 9.69 Å². The van der Waals surface area contributed by atoms with Crippen LogP contribution in [-0.2, 0) is 4.79 Å². The van der Waals surface area contributed by atoms with Gasteiger partial charge in [0, 0.05) is 44.7 Å². The highest BCUT2D eigenvalue weighted by atomic mass is 16.5. The van der Waals surface area contributed by atoms with Gasteiger partial charge in [-0.2, -0.15) is 0 Å². The van der Waals surface area contributed by atoms with E-state index in [9.17, 15) is 4.79 Å². The van der Waals surface area contributed by atoms with Gasteiger partial charge in [-0.05, 0) is 61.3 Å². The van der Waals surface area contributed by atoms with Crippen molar-refractivity contribution >= 4 is 11.5 Å². The Bertz CT molecular complexity index is 728. The number of methoxy groups -OCH3 is 1. The Hall–Kier alpha value is -1.81. The van der Waals surface area contributed by atoms with E-state index >= 15 is 0 Å². The molecule has 4 nitrogen and oxygen atoms in total. The summed E-state index contributed by atoms with van der Waals surface area (Å²) in [7, 11) is 1.79. The lowest BCUT2D eigenvalue weighted by molar-refractivity contribution is -0.130. The van der Waals surface area contributed by atoms with Crippen LogP contribution in [0.4, 0.5) is 0 Å². The second kappa shape index (κ2) is 7.07. The smallest absolute Gasteiger partial charge is 0.219 e. The van der Waals surface area contributed by atoms with E-state index in [0.29, 0.717) is 12.0 Å². The number of likely N-dealkylation sites (tertiary alicyclic amines) is 1. The molecule has 0 atom stereocenters. The Morgan fingerprint density at radius 3 is 2.50 bits per heavy atom. The van der Waals surface area contributed by atoms with Crippen molar-refractivity contribution in [2.75, 3.05) is 33.3 Å². The van der Waals surface area contributed by atoms with E-state index in [1.807, 2.05) is 4.90 Å². The van der Waals surface area contributed by atoms with Crippen LogP contribution in [0.3, 0.4) is 0 Å². The number of ether oxygens (including phenoxy) is 1. The van der Waals surface area contributed by atoms with Gasteiger partial charge in [0.1, 0.15) is 5.75 Å². The largest absolute Gasteiger partial charge is 0.496 e. The maximum Gasteiger partial charge on any atom is 0.219 e. The molecular formula is C22H30N2O2. The van der Waals surface area contributed by atoms with Crippen molar-refractivity contribution in [2.45, 2.75) is 51.5 Å². The van der Waals surface area contributed by atoms with Gasteiger partial charge in [-0.1, -0.05) is 12.1 Å². The maximum atomic E-state index is 11.6. The van der Waals surface area contributed by atoms with Crippen LogP contribution in [-0.4, -0.2) is 55.0 Å². The van der Waals surface area contributed by atoms with Crippen molar-refractivity contribution in [3.8, 4) is 5.75 Å². The summed E-state index contributed by atoms with van der Waals surface area (Å²) in [6.07, 6.45) is 7.16. The summed E-state index contributed by atoms with van der Waals surface area (Å²) < 4.78 is 5.73. The van der Waals surface area contributed by atoms with Gasteiger partial charge in [0.25, 0.3) is 0 Å². The van der Waals surface area contributed by atoms with Gasteiger partial charge in [0.15, 0.2) is 0 Å². The third-order valence-electron chi connectivity index (χ3n) is 6.21. The van der Waals surface area contributed by atoms with Crippen LogP contribution >= 0.6 is 0 Å². The molecule has 140 valence electrons. The molecule has 1 saturated heterocycles. The average molecular weight is 354 g/mol. The van der Waals surface area contributed by atoms with Gasteiger partial charge in [-0.15, -0.1) is 0 Å². The number of amides is 1. The minimum atomic E-state index is 0.213. The maximum absolute atomic E-state index is 11.6. The molecule has 0 radical (unpaired) electrons. The summed E-state index contributed by atoms with van der Waals surface area (Å²) in [5.41, 5.74) is 5.57. The van der Waals surface area contributed by atoms with Crippen molar-refractivity contribution < 1.29 is 9.53 Å². The number of hydrogen-bond donors (Lipinski definition) is 0. The molecule has 1 aliphatic carbocycles. The number of carbonyl (C=O) groups is 1. The molecule has 1 saturated carbocycles. The normalized spacial score (nSPS) is 21.8. The van der Waals surface area contributed by atoms with Gasteiger partial charge < -0.3 is 9.64 Å². The van der Waals surface area contributed by atoms with Gasteiger partial charge in [0.05, 0.1) is 7.11 Å². The van der Waals surface area contributed by atoms with E-state index in [1.54, 1.807) is 14.0 Å². The molecule has 0 unspecified atom stereocenters. The molecule has 4 heteroatoms. The Kier molecular flexibility index (Phi) is 4.78. The number of benzene rings is 1. The topological polar surface area (TPSA) is 32.8 Å². The molecule has 2 aliphatic heterocycles. The number of piperidine rings is 1. The fourth-order valence-corrected chi connectivity index (χ4v) is 4.59. The van der Waals surface area contributed by atoms with Crippen LogP contribution in [0.15, 0.2) is 18.2 Å². The van der Waals surface area contributed by atoms with Crippen LogP contribution in [0.2, 0.25) is 0 Å². The third kappa shape index (κ3) is 3.39. The van der Waals surface area contributed by atoms with Crippen LogP contribution in [0.25, 0.3) is 5.57 Å². The van der Waals surface area contributed by atoms with Crippen molar-refractivity contribution in [3.05, 3.63) is 34.9 Å². The van der Waals surface area contributed by atoms with E-state index in [4.69, 9.17) is 4.74 Å². The zero-order chi connectivity index (χ0) is 18.3. The highest BCUT2D eigenvalue weighted by molar-refractivity contribution is 5.75. The molecule has 3 aliphatic rings. The predicted octanol–water partition coefficient (Wildman–Crippen LogP) is 3.59. The zero-order valence-electron chi connectivity index (χ0n) is 16.3. The van der Waals surface area contributed by atoms with E-state index < -0.39 is 0 Å². The van der Waals surface area contributed by atoms with Gasteiger partial charge >= 0.3 is 0 Å². The SMILES string of the molecule is COc1cc(C)cc(C2=CCN(C3CCN(C(C)=O)CC3)C2)c1C1CC1. The lowest BCUT2D eigenvalue weighted by Crippen LogP contribution is -2.45. The molecule has 1 aromatic carbocycles. The monoisotopic (exact) mass is 354 g/mol. The summed E-state index contributed by atoms with van der Waals surface area (Å²) in [4.78, 5) is 16.1. The Balaban J connectivity index is 1.49. The number of nitrogens with zero attached hydrogens (tertiary/aromatic N) is 2. The van der Waals surface area contributed by atoms with Crippen LogP contribution in [0, 0.1) is 6.92 Å². The quantitative estimate of drug-likeness (QED) is 0.828. The fourth-order valence-electron chi connectivity index (χ4n) is 4.59. The van der Waals surface area contributed by atoms with Crippen LogP contribution < -0.4 is 4.74 Å². The number of aryl methyl sites for hydroxylation is 1. The first-order chi connectivity index (χ1) is 12.6. The van der Waals surface area contributed by atoms with Crippen molar-refractivity contribution in [2.24, 2.45) is 0 Å². The first kappa shape index (κ1) is 17.6. The number of rotatable bonds is 4. The highest BCUT2D eigenvalue weighted by Crippen LogP contribution is 2.48. The Morgan fingerprint density at radius 1 is 1.15 bits per heavy atom. The lowest BCUT2D eigenvalue weighted by Gasteiger charge is -2.36. The molecule has 0 bridgehead atoms. The standard InChI is InChI=1S/C22H30N2O2/c1-15-12-20(22(17-4-5-17)21(13-15)26-3)18-6-9-24(14-18)19-7-10-23(11-8-19)16(2)25/h6,12-13,17,19H,4-5,7-11,14H2,1-3H3. The Morgan fingerprint density at radius 2 is 1.88 bits per heavy atom. The molecule has 2 heterocycles. The molecule has 0 spiro atoms. The molecule has 0 aromatic heterocycles. The van der Waals surface area contributed by atoms with Gasteiger partial charge in [0.2, 0.25) is 5.91 Å². The minimum absolute atomic E-state index is 0.213. The molecule has 2 fully saturated rings. The second-order valence-corrected chi connectivity index (χ2v) is 8.10. The first-order valence-corrected chi connectivity index (χ1v) is 9.94. The molecule has 1 aromatic rings. The summed E-state index contributed by atoms with van der Waals surface area (Å²) in [6, 6.07) is 5.13. The van der Waals surface area contributed by atoms with Crippen LogP contribution in [0.1, 0.15) is 55.2 Å². The summed E-state index contributed by atoms with van der Waals surface area (Å²) in [6.45, 7) is 7.69. The number of hydrogen-bond acceptors (Lipinski definition) is 3.